The van der Waals surface area contributed by atoms with Gasteiger partial charge in [0.05, 0.1) is 18.8 Å². The van der Waals surface area contributed by atoms with E-state index >= 15 is 0 Å². The number of ether oxygens (including phenoxy) is 6. The number of carbonyl (C=O) groups excluding carboxylic acids is 1. The quantitative estimate of drug-likeness (QED) is 0.477. The number of esters is 1. The molecule has 0 unspecified atom stereocenters. The lowest BCUT2D eigenvalue weighted by molar-refractivity contribution is 0.0497. The Bertz CT molecular complexity index is 833. The summed E-state index contributed by atoms with van der Waals surface area (Å²) in [4.78, 5) is 12.1. The normalized spacial score (nSPS) is 13.4. The van der Waals surface area contributed by atoms with E-state index in [-0.39, 0.29) is 19.6 Å². The van der Waals surface area contributed by atoms with Crippen LogP contribution >= 0.6 is 0 Å². The molecule has 0 amide bonds. The van der Waals surface area contributed by atoms with Gasteiger partial charge in [0.2, 0.25) is 13.6 Å². The standard InChI is InChI=1S/C21H22O7/c22-21(15-5-7-17-19(11-15)27-13-25-17)24-10-4-2-1-3-9-23-16-6-8-18-20(12-16)28-14-26-18/h5-8,11-12H,1-4,9-10,13-14H2. The number of fused-ring (bicyclic) bond motifs is 2. The van der Waals surface area contributed by atoms with E-state index in [4.69, 9.17) is 28.4 Å². The number of hydrogen-bond donors (Lipinski definition) is 0. The predicted molar refractivity (Wildman–Crippen MR) is 99.4 cm³/mol. The molecule has 0 aromatic heterocycles. The summed E-state index contributed by atoms with van der Waals surface area (Å²) >= 11 is 0. The number of carbonyl (C=O) groups is 1. The lowest BCUT2D eigenvalue weighted by Gasteiger charge is -2.07. The van der Waals surface area contributed by atoms with Crippen LogP contribution in [-0.4, -0.2) is 32.8 Å². The molecule has 0 saturated carbocycles. The van der Waals surface area contributed by atoms with Gasteiger partial charge >= 0.3 is 5.97 Å². The highest BCUT2D eigenvalue weighted by Gasteiger charge is 2.17. The Kier molecular flexibility index (Phi) is 5.70. The van der Waals surface area contributed by atoms with Crippen molar-refractivity contribution < 1.29 is 33.2 Å². The molecule has 0 atom stereocenters. The molecule has 0 bridgehead atoms. The van der Waals surface area contributed by atoms with Crippen LogP contribution in [0.15, 0.2) is 36.4 Å². The van der Waals surface area contributed by atoms with Gasteiger partial charge in [0, 0.05) is 6.07 Å². The minimum absolute atomic E-state index is 0.187. The van der Waals surface area contributed by atoms with Crippen molar-refractivity contribution in [1.82, 2.24) is 0 Å². The number of unbranched alkanes of at least 4 members (excludes halogenated alkanes) is 3. The molecule has 7 heteroatoms. The van der Waals surface area contributed by atoms with Crippen molar-refractivity contribution in [3.63, 3.8) is 0 Å². The molecule has 0 saturated heterocycles. The summed E-state index contributed by atoms with van der Waals surface area (Å²) in [5.41, 5.74) is 0.473. The van der Waals surface area contributed by atoms with Gasteiger partial charge in [-0.1, -0.05) is 0 Å². The maximum Gasteiger partial charge on any atom is 0.338 e. The van der Waals surface area contributed by atoms with E-state index in [1.54, 1.807) is 18.2 Å². The molecule has 2 heterocycles. The van der Waals surface area contributed by atoms with Crippen LogP contribution in [0.25, 0.3) is 0 Å². The zero-order chi connectivity index (χ0) is 19.2. The van der Waals surface area contributed by atoms with Gasteiger partial charge < -0.3 is 28.4 Å². The summed E-state index contributed by atoms with van der Waals surface area (Å²) < 4.78 is 32.1. The molecule has 2 aromatic rings. The van der Waals surface area contributed by atoms with Crippen molar-refractivity contribution >= 4 is 5.97 Å². The van der Waals surface area contributed by atoms with Crippen molar-refractivity contribution in [3.05, 3.63) is 42.0 Å². The van der Waals surface area contributed by atoms with Gasteiger partial charge in [-0.25, -0.2) is 4.79 Å². The third-order valence-electron chi connectivity index (χ3n) is 4.49. The first-order valence-corrected chi connectivity index (χ1v) is 9.39. The molecule has 0 radical (unpaired) electrons. The van der Waals surface area contributed by atoms with Crippen molar-refractivity contribution in [3.8, 4) is 28.7 Å². The molecule has 148 valence electrons. The fourth-order valence-electron chi connectivity index (χ4n) is 2.99. The van der Waals surface area contributed by atoms with Gasteiger partial charge in [0.15, 0.2) is 23.0 Å². The van der Waals surface area contributed by atoms with Gasteiger partial charge in [0.1, 0.15) is 5.75 Å². The van der Waals surface area contributed by atoms with Gasteiger partial charge in [0.25, 0.3) is 0 Å². The largest absolute Gasteiger partial charge is 0.493 e. The Balaban J connectivity index is 1.07. The average molecular weight is 386 g/mol. The van der Waals surface area contributed by atoms with Crippen molar-refractivity contribution in [2.75, 3.05) is 26.8 Å². The fourth-order valence-corrected chi connectivity index (χ4v) is 2.99. The lowest BCUT2D eigenvalue weighted by Crippen LogP contribution is -2.06. The van der Waals surface area contributed by atoms with E-state index in [9.17, 15) is 4.79 Å². The first kappa shape index (κ1) is 18.3. The molecular formula is C21H22O7. The third-order valence-corrected chi connectivity index (χ3v) is 4.49. The van der Waals surface area contributed by atoms with Crippen LogP contribution in [0.1, 0.15) is 36.0 Å². The van der Waals surface area contributed by atoms with Gasteiger partial charge in [-0.05, 0) is 56.0 Å². The van der Waals surface area contributed by atoms with E-state index in [0.29, 0.717) is 30.3 Å². The SMILES string of the molecule is O=C(OCCCCCCOc1ccc2c(c1)OCO2)c1ccc2c(c1)OCO2. The zero-order valence-corrected chi connectivity index (χ0v) is 15.5. The van der Waals surface area contributed by atoms with Gasteiger partial charge in [-0.3, -0.25) is 0 Å². The van der Waals surface area contributed by atoms with Gasteiger partial charge in [-0.15, -0.1) is 0 Å². The van der Waals surface area contributed by atoms with E-state index in [2.05, 4.69) is 0 Å². The summed E-state index contributed by atoms with van der Waals surface area (Å²) in [5.74, 6) is 3.15. The number of benzene rings is 2. The Morgan fingerprint density at radius 2 is 1.39 bits per heavy atom. The van der Waals surface area contributed by atoms with Crippen molar-refractivity contribution in [2.24, 2.45) is 0 Å². The summed E-state index contributed by atoms with van der Waals surface area (Å²) in [6.45, 7) is 1.48. The molecule has 0 fully saturated rings. The summed E-state index contributed by atoms with van der Waals surface area (Å²) in [7, 11) is 0. The zero-order valence-electron chi connectivity index (χ0n) is 15.5. The van der Waals surface area contributed by atoms with E-state index in [1.807, 2.05) is 18.2 Å². The summed E-state index contributed by atoms with van der Waals surface area (Å²) in [6.07, 6.45) is 3.73. The maximum atomic E-state index is 12.1. The first-order valence-electron chi connectivity index (χ1n) is 9.39. The van der Waals surface area contributed by atoms with Crippen LogP contribution in [0.2, 0.25) is 0 Å². The highest BCUT2D eigenvalue weighted by Crippen LogP contribution is 2.35. The highest BCUT2D eigenvalue weighted by molar-refractivity contribution is 5.90. The Morgan fingerprint density at radius 3 is 2.18 bits per heavy atom. The average Bonchev–Trinajstić information content (AvgIpc) is 3.37. The monoisotopic (exact) mass is 386 g/mol. The number of rotatable bonds is 9. The second-order valence-electron chi connectivity index (χ2n) is 6.48. The van der Waals surface area contributed by atoms with E-state index < -0.39 is 0 Å². The van der Waals surface area contributed by atoms with Gasteiger partial charge in [-0.2, -0.15) is 0 Å². The van der Waals surface area contributed by atoms with Crippen LogP contribution in [0.4, 0.5) is 0 Å². The summed E-state index contributed by atoms with van der Waals surface area (Å²) in [6, 6.07) is 10.6. The van der Waals surface area contributed by atoms with Crippen LogP contribution in [0.3, 0.4) is 0 Å². The van der Waals surface area contributed by atoms with Crippen LogP contribution < -0.4 is 23.7 Å². The van der Waals surface area contributed by atoms with Crippen LogP contribution in [0.5, 0.6) is 28.7 Å². The molecule has 7 nitrogen and oxygen atoms in total. The smallest absolute Gasteiger partial charge is 0.338 e. The molecule has 2 aliphatic rings. The van der Waals surface area contributed by atoms with Crippen molar-refractivity contribution in [2.45, 2.75) is 25.7 Å². The Hall–Kier alpha value is -3.09. The molecule has 0 aliphatic carbocycles. The molecule has 0 N–H and O–H groups in total. The van der Waals surface area contributed by atoms with Crippen LogP contribution in [0, 0.1) is 0 Å². The molecule has 2 aliphatic heterocycles. The molecule has 0 spiro atoms. The maximum absolute atomic E-state index is 12.1. The molecule has 2 aromatic carbocycles. The van der Waals surface area contributed by atoms with Crippen LogP contribution in [-0.2, 0) is 4.74 Å². The second kappa shape index (κ2) is 8.73. The topological polar surface area (TPSA) is 72.5 Å². The van der Waals surface area contributed by atoms with E-state index in [0.717, 1.165) is 42.9 Å². The van der Waals surface area contributed by atoms with E-state index in [1.165, 1.54) is 0 Å². The predicted octanol–water partition coefficient (Wildman–Crippen LogP) is 3.94. The molecule has 28 heavy (non-hydrogen) atoms. The number of hydrogen-bond acceptors (Lipinski definition) is 7. The first-order chi connectivity index (χ1) is 13.8. The fraction of sp³-hybridized carbons (Fsp3) is 0.381. The lowest BCUT2D eigenvalue weighted by atomic mass is 10.2. The Morgan fingerprint density at radius 1 is 0.750 bits per heavy atom. The van der Waals surface area contributed by atoms with Crippen molar-refractivity contribution in [1.29, 1.82) is 0 Å². The minimum atomic E-state index is -0.343. The minimum Gasteiger partial charge on any atom is -0.493 e. The Labute approximate surface area is 163 Å². The summed E-state index contributed by atoms with van der Waals surface area (Å²) in [5, 5.41) is 0. The second-order valence-corrected chi connectivity index (χ2v) is 6.48. The highest BCUT2D eigenvalue weighted by atomic mass is 16.7. The molecule has 4 rings (SSSR count). The third kappa shape index (κ3) is 4.42. The molecular weight excluding hydrogens is 364 g/mol.